The minimum Gasteiger partial charge on any atom is -0.497 e. The van der Waals surface area contributed by atoms with Crippen LogP contribution in [0.1, 0.15) is 10.4 Å². The van der Waals surface area contributed by atoms with Crippen molar-refractivity contribution in [2.75, 3.05) is 24.3 Å². The molecule has 0 heterocycles. The fourth-order valence-electron chi connectivity index (χ4n) is 2.65. The van der Waals surface area contributed by atoms with Gasteiger partial charge in [-0.2, -0.15) is 0 Å². The van der Waals surface area contributed by atoms with Gasteiger partial charge in [0.2, 0.25) is 0 Å². The molecule has 0 aliphatic carbocycles. The Balaban J connectivity index is 1.83. The van der Waals surface area contributed by atoms with Gasteiger partial charge >= 0.3 is 0 Å². The van der Waals surface area contributed by atoms with Gasteiger partial charge in [-0.1, -0.05) is 17.7 Å². The topological polar surface area (TPSA) is 93.7 Å². The van der Waals surface area contributed by atoms with E-state index in [1.807, 2.05) is 0 Å². The standard InChI is InChI=1S/C21H19ClN2O5S/c1-28-17-9-7-16(8-10-17)23-21(25)14-4-3-5-18(12-14)30(26,27)24-19-13-15(22)6-11-20(19)29-2/h3-13,24H,1-2H3,(H,23,25). The molecule has 0 spiro atoms. The molecule has 3 aromatic carbocycles. The van der Waals surface area contributed by atoms with Crippen molar-refractivity contribution in [1.29, 1.82) is 0 Å². The molecule has 0 aromatic heterocycles. The Kier molecular flexibility index (Phi) is 6.49. The van der Waals surface area contributed by atoms with Crippen molar-refractivity contribution < 1.29 is 22.7 Å². The van der Waals surface area contributed by atoms with Crippen molar-refractivity contribution in [2.45, 2.75) is 4.90 Å². The van der Waals surface area contributed by atoms with Gasteiger partial charge in [-0.25, -0.2) is 8.42 Å². The number of halogens is 1. The van der Waals surface area contributed by atoms with E-state index in [9.17, 15) is 13.2 Å². The fraction of sp³-hybridized carbons (Fsp3) is 0.0952. The van der Waals surface area contributed by atoms with E-state index in [-0.39, 0.29) is 16.1 Å². The fourth-order valence-corrected chi connectivity index (χ4v) is 3.92. The van der Waals surface area contributed by atoms with Crippen LogP contribution in [-0.4, -0.2) is 28.5 Å². The molecule has 0 radical (unpaired) electrons. The van der Waals surface area contributed by atoms with E-state index in [1.54, 1.807) is 43.5 Å². The van der Waals surface area contributed by atoms with Crippen LogP contribution in [0, 0.1) is 0 Å². The number of methoxy groups -OCH3 is 2. The molecule has 0 aliphatic rings. The van der Waals surface area contributed by atoms with Crippen LogP contribution < -0.4 is 19.5 Å². The van der Waals surface area contributed by atoms with Crippen LogP contribution in [0.25, 0.3) is 0 Å². The van der Waals surface area contributed by atoms with Gasteiger partial charge in [0.1, 0.15) is 11.5 Å². The number of hydrogen-bond donors (Lipinski definition) is 2. The Morgan fingerprint density at radius 3 is 2.33 bits per heavy atom. The first-order valence-electron chi connectivity index (χ1n) is 8.74. The van der Waals surface area contributed by atoms with Crippen LogP contribution in [0.15, 0.2) is 71.6 Å². The molecule has 156 valence electrons. The highest BCUT2D eigenvalue weighted by atomic mass is 35.5. The number of rotatable bonds is 7. The minimum absolute atomic E-state index is 0.0769. The normalized spacial score (nSPS) is 10.9. The Bertz CT molecular complexity index is 1160. The lowest BCUT2D eigenvalue weighted by atomic mass is 10.2. The summed E-state index contributed by atoms with van der Waals surface area (Å²) in [7, 11) is -1.02. The average Bonchev–Trinajstić information content (AvgIpc) is 2.74. The van der Waals surface area contributed by atoms with Crippen LogP contribution >= 0.6 is 11.6 Å². The summed E-state index contributed by atoms with van der Waals surface area (Å²) in [4.78, 5) is 12.5. The first-order chi connectivity index (χ1) is 14.3. The molecule has 7 nitrogen and oxygen atoms in total. The van der Waals surface area contributed by atoms with Crippen molar-refractivity contribution in [3.8, 4) is 11.5 Å². The predicted octanol–water partition coefficient (Wildman–Crippen LogP) is 4.41. The number of hydrogen-bond acceptors (Lipinski definition) is 5. The van der Waals surface area contributed by atoms with Crippen LogP contribution in [-0.2, 0) is 10.0 Å². The number of benzene rings is 3. The Morgan fingerprint density at radius 1 is 0.933 bits per heavy atom. The van der Waals surface area contributed by atoms with Gasteiger partial charge in [-0.05, 0) is 60.7 Å². The minimum atomic E-state index is -3.99. The van der Waals surface area contributed by atoms with Gasteiger partial charge < -0.3 is 14.8 Å². The van der Waals surface area contributed by atoms with Crippen molar-refractivity contribution >= 4 is 38.9 Å². The molecule has 0 saturated carbocycles. The van der Waals surface area contributed by atoms with Gasteiger partial charge in [0.15, 0.2) is 0 Å². The molecule has 30 heavy (non-hydrogen) atoms. The quantitative estimate of drug-likeness (QED) is 0.560. The average molecular weight is 447 g/mol. The third kappa shape index (κ3) is 5.03. The zero-order valence-electron chi connectivity index (χ0n) is 16.2. The Morgan fingerprint density at radius 2 is 1.67 bits per heavy atom. The summed E-state index contributed by atoms with van der Waals surface area (Å²) in [5, 5.41) is 3.06. The second kappa shape index (κ2) is 9.06. The molecular formula is C21H19ClN2O5S. The molecule has 2 N–H and O–H groups in total. The van der Waals surface area contributed by atoms with Gasteiger partial charge in [0, 0.05) is 16.3 Å². The van der Waals surface area contributed by atoms with Gasteiger partial charge in [0.05, 0.1) is 24.8 Å². The molecular weight excluding hydrogens is 428 g/mol. The van der Waals surface area contributed by atoms with E-state index in [4.69, 9.17) is 21.1 Å². The van der Waals surface area contributed by atoms with Gasteiger partial charge in [-0.3, -0.25) is 9.52 Å². The molecule has 3 aromatic rings. The van der Waals surface area contributed by atoms with Crippen molar-refractivity contribution in [3.05, 3.63) is 77.3 Å². The summed E-state index contributed by atoms with van der Waals surface area (Å²) < 4.78 is 38.3. The van der Waals surface area contributed by atoms with E-state index in [0.29, 0.717) is 22.2 Å². The smallest absolute Gasteiger partial charge is 0.262 e. The number of ether oxygens (including phenoxy) is 2. The maximum absolute atomic E-state index is 12.8. The van der Waals surface area contributed by atoms with Crippen LogP contribution in [0.4, 0.5) is 11.4 Å². The Labute approximate surface area is 179 Å². The number of carbonyl (C=O) groups excluding carboxylic acids is 1. The predicted molar refractivity (Wildman–Crippen MR) is 116 cm³/mol. The summed E-state index contributed by atoms with van der Waals surface area (Å²) in [5.74, 6) is 0.525. The molecule has 0 unspecified atom stereocenters. The van der Waals surface area contributed by atoms with Crippen LogP contribution in [0.5, 0.6) is 11.5 Å². The third-order valence-electron chi connectivity index (χ3n) is 4.16. The lowest BCUT2D eigenvalue weighted by Crippen LogP contribution is -2.16. The summed E-state index contributed by atoms with van der Waals surface area (Å²) in [6.45, 7) is 0. The molecule has 0 fully saturated rings. The SMILES string of the molecule is COc1ccc(NC(=O)c2cccc(S(=O)(=O)Nc3cc(Cl)ccc3OC)c2)cc1. The van der Waals surface area contributed by atoms with E-state index >= 15 is 0 Å². The second-order valence-corrected chi connectivity index (χ2v) is 8.28. The highest BCUT2D eigenvalue weighted by Crippen LogP contribution is 2.30. The zero-order chi connectivity index (χ0) is 21.7. The van der Waals surface area contributed by atoms with E-state index in [2.05, 4.69) is 10.0 Å². The molecule has 9 heteroatoms. The maximum atomic E-state index is 12.8. The van der Waals surface area contributed by atoms with E-state index in [0.717, 1.165) is 0 Å². The van der Waals surface area contributed by atoms with E-state index < -0.39 is 15.9 Å². The van der Waals surface area contributed by atoms with E-state index in [1.165, 1.54) is 37.4 Å². The first kappa shape index (κ1) is 21.5. The highest BCUT2D eigenvalue weighted by Gasteiger charge is 2.19. The second-order valence-electron chi connectivity index (χ2n) is 6.16. The maximum Gasteiger partial charge on any atom is 0.262 e. The highest BCUT2D eigenvalue weighted by molar-refractivity contribution is 7.92. The van der Waals surface area contributed by atoms with Crippen LogP contribution in [0.3, 0.4) is 0 Å². The number of sulfonamides is 1. The zero-order valence-corrected chi connectivity index (χ0v) is 17.8. The number of carbonyl (C=O) groups is 1. The van der Waals surface area contributed by atoms with Crippen molar-refractivity contribution in [1.82, 2.24) is 0 Å². The molecule has 0 bridgehead atoms. The first-order valence-corrected chi connectivity index (χ1v) is 10.6. The number of amides is 1. The summed E-state index contributed by atoms with van der Waals surface area (Å²) in [6.07, 6.45) is 0. The molecule has 3 rings (SSSR count). The lowest BCUT2D eigenvalue weighted by Gasteiger charge is -2.13. The number of anilines is 2. The summed E-state index contributed by atoms with van der Waals surface area (Å²) in [5.41, 5.74) is 0.931. The molecule has 1 amide bonds. The molecule has 0 saturated heterocycles. The molecule has 0 aliphatic heterocycles. The monoisotopic (exact) mass is 446 g/mol. The van der Waals surface area contributed by atoms with Crippen molar-refractivity contribution in [2.24, 2.45) is 0 Å². The number of nitrogens with one attached hydrogen (secondary N) is 2. The molecule has 0 atom stereocenters. The summed E-state index contributed by atoms with van der Waals surface area (Å²) >= 11 is 5.96. The lowest BCUT2D eigenvalue weighted by molar-refractivity contribution is 0.102. The largest absolute Gasteiger partial charge is 0.497 e. The van der Waals surface area contributed by atoms with Crippen LogP contribution in [0.2, 0.25) is 5.02 Å². The third-order valence-corrected chi connectivity index (χ3v) is 5.76. The summed E-state index contributed by atoms with van der Waals surface area (Å²) in [6, 6.07) is 17.1. The van der Waals surface area contributed by atoms with Gasteiger partial charge in [-0.15, -0.1) is 0 Å². The Hall–Kier alpha value is -3.23. The van der Waals surface area contributed by atoms with Gasteiger partial charge in [0.25, 0.3) is 15.9 Å². The van der Waals surface area contributed by atoms with Crippen molar-refractivity contribution in [3.63, 3.8) is 0 Å².